The van der Waals surface area contributed by atoms with Gasteiger partial charge in [-0.25, -0.2) is 0 Å². The van der Waals surface area contributed by atoms with Gasteiger partial charge in [0.1, 0.15) is 0 Å². The number of hydrogen-bond donors (Lipinski definition) is 0. The van der Waals surface area contributed by atoms with Gasteiger partial charge in [-0.3, -0.25) is 0 Å². The Bertz CT molecular complexity index is 162. The summed E-state index contributed by atoms with van der Waals surface area (Å²) in [5.41, 5.74) is 0. The molecular weight excluding hydrogens is 174 g/mol. The molecule has 0 saturated carbocycles. The van der Waals surface area contributed by atoms with E-state index < -0.39 is 8.07 Å². The molecule has 2 atom stereocenters. The lowest BCUT2D eigenvalue weighted by atomic mass is 9.94. The Labute approximate surface area is 84.5 Å². The van der Waals surface area contributed by atoms with Crippen LogP contribution in [0.15, 0.2) is 0 Å². The highest BCUT2D eigenvalue weighted by atomic mass is 28.3. The van der Waals surface area contributed by atoms with E-state index in [-0.39, 0.29) is 0 Å². The summed E-state index contributed by atoms with van der Waals surface area (Å²) in [5.74, 6) is 0.952. The summed E-state index contributed by atoms with van der Waals surface area (Å²) in [5, 5.41) is 0. The van der Waals surface area contributed by atoms with Crippen LogP contribution >= 0.6 is 0 Å². The monoisotopic (exact) mass is 199 g/mol. The third-order valence-corrected chi connectivity index (χ3v) is 4.31. The average Bonchev–Trinajstić information content (AvgIpc) is 1.93. The molecule has 0 amide bonds. The van der Waals surface area contributed by atoms with Crippen LogP contribution in [-0.4, -0.2) is 31.7 Å². The normalized spacial score (nSPS) is 32.1. The van der Waals surface area contributed by atoms with Crippen LogP contribution in [0, 0.1) is 5.92 Å². The molecule has 0 aromatic heterocycles. The highest BCUT2D eigenvalue weighted by Crippen LogP contribution is 2.23. The van der Waals surface area contributed by atoms with E-state index in [1.54, 1.807) is 0 Å². The van der Waals surface area contributed by atoms with Gasteiger partial charge in [0.25, 0.3) is 0 Å². The molecule has 2 unspecified atom stereocenters. The fourth-order valence-electron chi connectivity index (χ4n) is 2.30. The summed E-state index contributed by atoms with van der Waals surface area (Å²) in [6.45, 7) is 13.5. The topological polar surface area (TPSA) is 3.24 Å². The van der Waals surface area contributed by atoms with E-state index in [0.29, 0.717) is 0 Å². The molecule has 1 fully saturated rings. The lowest BCUT2D eigenvalue weighted by molar-refractivity contribution is 0.150. The molecule has 1 nitrogen and oxygen atoms in total. The minimum absolute atomic E-state index is 0.829. The van der Waals surface area contributed by atoms with Crippen LogP contribution in [-0.2, 0) is 0 Å². The average molecular weight is 199 g/mol. The first-order chi connectivity index (χ1) is 5.88. The zero-order valence-corrected chi connectivity index (χ0v) is 10.9. The summed E-state index contributed by atoms with van der Waals surface area (Å²) in [7, 11) is -0.883. The van der Waals surface area contributed by atoms with Gasteiger partial charge in [0.2, 0.25) is 0 Å². The van der Waals surface area contributed by atoms with Gasteiger partial charge in [0, 0.05) is 6.04 Å². The number of piperidine rings is 1. The highest BCUT2D eigenvalue weighted by Gasteiger charge is 2.26. The number of likely N-dealkylation sites (tertiary alicyclic amines) is 1. The third kappa shape index (κ3) is 3.82. The van der Waals surface area contributed by atoms with Crippen molar-refractivity contribution in [3.8, 4) is 0 Å². The molecule has 1 heterocycles. The fourth-order valence-corrected chi connectivity index (χ4v) is 3.99. The minimum Gasteiger partial charge on any atom is -0.303 e. The molecule has 0 spiro atoms. The van der Waals surface area contributed by atoms with Gasteiger partial charge in [-0.1, -0.05) is 26.6 Å². The van der Waals surface area contributed by atoms with Gasteiger partial charge >= 0.3 is 0 Å². The highest BCUT2D eigenvalue weighted by molar-refractivity contribution is 6.76. The maximum Gasteiger partial charge on any atom is 0.0599 e. The summed E-state index contributed by atoms with van der Waals surface area (Å²) >= 11 is 0. The van der Waals surface area contributed by atoms with Crippen LogP contribution < -0.4 is 0 Å². The molecule has 1 rings (SSSR count). The second kappa shape index (κ2) is 4.14. The first kappa shape index (κ1) is 11.3. The Hall–Kier alpha value is 0.177. The Balaban J connectivity index is 2.43. The second-order valence-electron chi connectivity index (χ2n) is 6.01. The summed E-state index contributed by atoms with van der Waals surface area (Å²) in [6, 6.07) is 0.829. The van der Waals surface area contributed by atoms with E-state index >= 15 is 0 Å². The van der Waals surface area contributed by atoms with Gasteiger partial charge in [-0.2, -0.15) is 0 Å². The molecule has 0 aromatic rings. The number of nitrogens with zero attached hydrogens (tertiary/aromatic N) is 1. The first-order valence-corrected chi connectivity index (χ1v) is 9.33. The van der Waals surface area contributed by atoms with Crippen molar-refractivity contribution in [2.45, 2.75) is 52.4 Å². The lowest BCUT2D eigenvalue weighted by Gasteiger charge is -2.39. The molecule has 0 bridgehead atoms. The van der Waals surface area contributed by atoms with Gasteiger partial charge in [-0.15, -0.1) is 0 Å². The van der Waals surface area contributed by atoms with Gasteiger partial charge in [0.15, 0.2) is 0 Å². The van der Waals surface area contributed by atoms with Crippen LogP contribution in [0.3, 0.4) is 0 Å². The maximum absolute atomic E-state index is 2.71. The SMILES string of the molecule is CC1CCN(C[Si](C)(C)C)C(C)C1. The van der Waals surface area contributed by atoms with Crippen LogP contribution in [0.4, 0.5) is 0 Å². The minimum atomic E-state index is -0.883. The Morgan fingerprint density at radius 2 is 1.85 bits per heavy atom. The third-order valence-electron chi connectivity index (χ3n) is 2.95. The molecule has 1 aliphatic rings. The van der Waals surface area contributed by atoms with E-state index in [9.17, 15) is 0 Å². The molecule has 0 aliphatic carbocycles. The predicted octanol–water partition coefficient (Wildman–Crippen LogP) is 2.98. The van der Waals surface area contributed by atoms with E-state index in [1.807, 2.05) is 0 Å². The van der Waals surface area contributed by atoms with Gasteiger partial charge in [-0.05, 0) is 38.4 Å². The zero-order valence-electron chi connectivity index (χ0n) is 9.93. The molecule has 0 radical (unpaired) electrons. The smallest absolute Gasteiger partial charge is 0.0599 e. The van der Waals surface area contributed by atoms with Crippen molar-refractivity contribution < 1.29 is 0 Å². The van der Waals surface area contributed by atoms with Gasteiger partial charge in [0.05, 0.1) is 8.07 Å². The Kier molecular flexibility index (Phi) is 3.58. The molecule has 2 heteroatoms. The molecule has 0 N–H and O–H groups in total. The van der Waals surface area contributed by atoms with Gasteiger partial charge < -0.3 is 4.90 Å². The van der Waals surface area contributed by atoms with Crippen LogP contribution in [0.5, 0.6) is 0 Å². The summed E-state index contributed by atoms with van der Waals surface area (Å²) in [4.78, 5) is 2.71. The van der Waals surface area contributed by atoms with Crippen molar-refractivity contribution in [3.05, 3.63) is 0 Å². The zero-order chi connectivity index (χ0) is 10.1. The van der Waals surface area contributed by atoms with E-state index in [2.05, 4.69) is 38.4 Å². The largest absolute Gasteiger partial charge is 0.303 e. The Morgan fingerprint density at radius 3 is 2.31 bits per heavy atom. The van der Waals surface area contributed by atoms with Crippen molar-refractivity contribution in [2.75, 3.05) is 12.7 Å². The first-order valence-electron chi connectivity index (χ1n) is 5.62. The molecular formula is C11H25NSi. The van der Waals surface area contributed by atoms with Crippen LogP contribution in [0.2, 0.25) is 19.6 Å². The van der Waals surface area contributed by atoms with Crippen molar-refractivity contribution in [2.24, 2.45) is 5.92 Å². The number of hydrogen-bond acceptors (Lipinski definition) is 1. The summed E-state index contributed by atoms with van der Waals surface area (Å²) in [6.07, 6.45) is 4.21. The van der Waals surface area contributed by atoms with E-state index in [4.69, 9.17) is 0 Å². The fraction of sp³-hybridized carbons (Fsp3) is 1.00. The second-order valence-corrected chi connectivity index (χ2v) is 11.4. The van der Waals surface area contributed by atoms with Crippen molar-refractivity contribution in [1.82, 2.24) is 4.90 Å². The summed E-state index contributed by atoms with van der Waals surface area (Å²) < 4.78 is 0. The van der Waals surface area contributed by atoms with Crippen LogP contribution in [0.25, 0.3) is 0 Å². The molecule has 1 saturated heterocycles. The van der Waals surface area contributed by atoms with Crippen LogP contribution in [0.1, 0.15) is 26.7 Å². The van der Waals surface area contributed by atoms with Crippen molar-refractivity contribution >= 4 is 8.07 Å². The quantitative estimate of drug-likeness (QED) is 0.618. The van der Waals surface area contributed by atoms with Crippen molar-refractivity contribution in [3.63, 3.8) is 0 Å². The van der Waals surface area contributed by atoms with E-state index in [1.165, 1.54) is 25.6 Å². The van der Waals surface area contributed by atoms with Crippen molar-refractivity contribution in [1.29, 1.82) is 0 Å². The number of rotatable bonds is 2. The Morgan fingerprint density at radius 1 is 1.23 bits per heavy atom. The van der Waals surface area contributed by atoms with E-state index in [0.717, 1.165) is 12.0 Å². The molecule has 1 aliphatic heterocycles. The predicted molar refractivity (Wildman–Crippen MR) is 62.8 cm³/mol. The molecule has 0 aromatic carbocycles. The maximum atomic E-state index is 2.71. The lowest BCUT2D eigenvalue weighted by Crippen LogP contribution is -2.48. The standard InChI is InChI=1S/C11H25NSi/c1-10-6-7-12(11(2)8-10)9-13(3,4)5/h10-11H,6-9H2,1-5H3. The molecule has 78 valence electrons. The molecule has 13 heavy (non-hydrogen) atoms.